The standard InChI is InChI=1S/C22H28N2O4.BrH/c1-5-24(3,6-2)15-16-28-22(26)17-11-13-18(14-12-17)23-21(25)19-9-7-8-10-20(19)27-4;/h7-14H,5-6,15-16H2,1-4H3;1H. The number of anilines is 1. The number of carbonyl (C=O) groups excluding carboxylic acids is 2. The van der Waals surface area contributed by atoms with E-state index in [0.717, 1.165) is 24.1 Å². The fourth-order valence-electron chi connectivity index (χ4n) is 2.70. The van der Waals surface area contributed by atoms with Crippen LogP contribution in [0, 0.1) is 0 Å². The number of rotatable bonds is 9. The normalized spacial score (nSPS) is 10.6. The second-order valence-corrected chi connectivity index (χ2v) is 6.84. The van der Waals surface area contributed by atoms with E-state index in [1.54, 1.807) is 48.5 Å². The van der Waals surface area contributed by atoms with Gasteiger partial charge in [-0.15, -0.1) is 0 Å². The Kier molecular flexibility index (Phi) is 9.85. The van der Waals surface area contributed by atoms with Gasteiger partial charge in [0.15, 0.2) is 0 Å². The van der Waals surface area contributed by atoms with Gasteiger partial charge >= 0.3 is 5.97 Å². The van der Waals surface area contributed by atoms with E-state index in [4.69, 9.17) is 9.47 Å². The lowest BCUT2D eigenvalue weighted by molar-refractivity contribution is -0.906. The number of nitrogens with one attached hydrogen (secondary N) is 1. The van der Waals surface area contributed by atoms with Crippen molar-refractivity contribution >= 4 is 17.6 Å². The third-order valence-electron chi connectivity index (χ3n) is 5.12. The zero-order valence-electron chi connectivity index (χ0n) is 17.4. The van der Waals surface area contributed by atoms with E-state index in [9.17, 15) is 9.59 Å². The molecule has 0 atom stereocenters. The minimum absolute atomic E-state index is 0. The molecule has 0 unspecified atom stereocenters. The molecule has 0 heterocycles. The number of amides is 1. The first-order valence-electron chi connectivity index (χ1n) is 9.47. The van der Waals surface area contributed by atoms with Crippen molar-refractivity contribution in [2.24, 2.45) is 0 Å². The van der Waals surface area contributed by atoms with E-state index < -0.39 is 0 Å². The first-order chi connectivity index (χ1) is 13.4. The van der Waals surface area contributed by atoms with E-state index in [1.807, 2.05) is 0 Å². The molecule has 7 heteroatoms. The summed E-state index contributed by atoms with van der Waals surface area (Å²) in [4.78, 5) is 24.6. The van der Waals surface area contributed by atoms with E-state index in [-0.39, 0.29) is 28.9 Å². The zero-order chi connectivity index (χ0) is 20.6. The third-order valence-corrected chi connectivity index (χ3v) is 5.12. The SMILES string of the molecule is CC[N+](C)(CC)CCOC(=O)c1ccc(NC(=O)c2ccccc2OC)cc1.[Br-]. The Morgan fingerprint density at radius 3 is 2.21 bits per heavy atom. The van der Waals surface area contributed by atoms with Crippen molar-refractivity contribution in [3.63, 3.8) is 0 Å². The summed E-state index contributed by atoms with van der Waals surface area (Å²) >= 11 is 0. The molecule has 0 fully saturated rings. The number of nitrogens with zero attached hydrogens (tertiary/aromatic N) is 1. The van der Waals surface area contributed by atoms with Crippen LogP contribution in [0.25, 0.3) is 0 Å². The van der Waals surface area contributed by atoms with Gasteiger partial charge in [0, 0.05) is 5.69 Å². The maximum absolute atomic E-state index is 12.4. The molecule has 0 saturated heterocycles. The molecule has 0 spiro atoms. The van der Waals surface area contributed by atoms with Gasteiger partial charge in [-0.25, -0.2) is 4.79 Å². The molecule has 0 saturated carbocycles. The van der Waals surface area contributed by atoms with Crippen molar-refractivity contribution < 1.29 is 40.5 Å². The Labute approximate surface area is 183 Å². The average molecular weight is 465 g/mol. The molecule has 158 valence electrons. The maximum atomic E-state index is 12.4. The van der Waals surface area contributed by atoms with Gasteiger partial charge in [0.25, 0.3) is 5.91 Å². The molecule has 0 aromatic heterocycles. The van der Waals surface area contributed by atoms with E-state index >= 15 is 0 Å². The monoisotopic (exact) mass is 464 g/mol. The van der Waals surface area contributed by atoms with Gasteiger partial charge in [-0.1, -0.05) is 12.1 Å². The van der Waals surface area contributed by atoms with Gasteiger partial charge in [0.05, 0.1) is 38.4 Å². The van der Waals surface area contributed by atoms with Crippen molar-refractivity contribution in [3.05, 3.63) is 59.7 Å². The highest BCUT2D eigenvalue weighted by atomic mass is 79.9. The maximum Gasteiger partial charge on any atom is 0.338 e. The molecule has 2 aromatic rings. The van der Waals surface area contributed by atoms with Crippen LogP contribution in [0.1, 0.15) is 34.6 Å². The molecule has 0 radical (unpaired) electrons. The summed E-state index contributed by atoms with van der Waals surface area (Å²) in [6.45, 7) is 7.41. The lowest BCUT2D eigenvalue weighted by Crippen LogP contribution is -3.00. The molecule has 29 heavy (non-hydrogen) atoms. The van der Waals surface area contributed by atoms with Crippen molar-refractivity contribution in [1.82, 2.24) is 0 Å². The lowest BCUT2D eigenvalue weighted by atomic mass is 10.1. The molecule has 0 aliphatic carbocycles. The smallest absolute Gasteiger partial charge is 0.338 e. The average Bonchev–Trinajstić information content (AvgIpc) is 2.73. The van der Waals surface area contributed by atoms with Crippen LogP contribution < -0.4 is 27.0 Å². The first kappa shape index (κ1) is 24.7. The molecule has 0 aliphatic heterocycles. The number of carbonyl (C=O) groups is 2. The Morgan fingerprint density at radius 2 is 1.62 bits per heavy atom. The van der Waals surface area contributed by atoms with Crippen molar-refractivity contribution in [2.45, 2.75) is 13.8 Å². The number of hydrogen-bond donors (Lipinski definition) is 1. The summed E-state index contributed by atoms with van der Waals surface area (Å²) in [5.41, 5.74) is 1.49. The number of ether oxygens (including phenoxy) is 2. The largest absolute Gasteiger partial charge is 1.00 e. The zero-order valence-corrected chi connectivity index (χ0v) is 19.0. The second-order valence-electron chi connectivity index (χ2n) is 6.84. The fraction of sp³-hybridized carbons (Fsp3) is 0.364. The third kappa shape index (κ3) is 6.87. The summed E-state index contributed by atoms with van der Waals surface area (Å²) in [7, 11) is 3.67. The molecule has 0 bridgehead atoms. The fourth-order valence-corrected chi connectivity index (χ4v) is 2.70. The van der Waals surface area contributed by atoms with Gasteiger partial charge < -0.3 is 36.3 Å². The number of para-hydroxylation sites is 1. The van der Waals surface area contributed by atoms with Crippen molar-refractivity contribution in [3.8, 4) is 5.75 Å². The van der Waals surface area contributed by atoms with Gasteiger partial charge in [-0.2, -0.15) is 0 Å². The van der Waals surface area contributed by atoms with E-state index in [1.165, 1.54) is 7.11 Å². The van der Waals surface area contributed by atoms with Gasteiger partial charge in [-0.3, -0.25) is 4.79 Å². The lowest BCUT2D eigenvalue weighted by Gasteiger charge is -2.31. The van der Waals surface area contributed by atoms with Crippen LogP contribution in [-0.4, -0.2) is 56.8 Å². The summed E-state index contributed by atoms with van der Waals surface area (Å²) in [6.07, 6.45) is 0. The number of methoxy groups -OCH3 is 1. The van der Waals surface area contributed by atoms with Crippen LogP contribution in [0.3, 0.4) is 0 Å². The predicted molar refractivity (Wildman–Crippen MR) is 110 cm³/mol. The number of benzene rings is 2. The van der Waals surface area contributed by atoms with Crippen LogP contribution in [0.15, 0.2) is 48.5 Å². The summed E-state index contributed by atoms with van der Waals surface area (Å²) in [6, 6.07) is 13.7. The molecule has 1 N–H and O–H groups in total. The van der Waals surface area contributed by atoms with Crippen LogP contribution in [0.5, 0.6) is 5.75 Å². The number of quaternary nitrogens is 1. The Bertz CT molecular complexity index is 805. The quantitative estimate of drug-likeness (QED) is 0.435. The van der Waals surface area contributed by atoms with Crippen LogP contribution in [-0.2, 0) is 4.74 Å². The first-order valence-corrected chi connectivity index (χ1v) is 9.47. The van der Waals surface area contributed by atoms with Gasteiger partial charge in [0.2, 0.25) is 0 Å². The Hall–Kier alpha value is -2.38. The van der Waals surface area contributed by atoms with Crippen molar-refractivity contribution in [1.29, 1.82) is 0 Å². The van der Waals surface area contributed by atoms with Crippen LogP contribution >= 0.6 is 0 Å². The summed E-state index contributed by atoms with van der Waals surface area (Å²) in [5.74, 6) is -0.130. The second kappa shape index (κ2) is 11.6. The highest BCUT2D eigenvalue weighted by molar-refractivity contribution is 6.06. The molecule has 0 aliphatic rings. The molecule has 2 aromatic carbocycles. The van der Waals surface area contributed by atoms with Gasteiger partial charge in [0.1, 0.15) is 18.9 Å². The Balaban J connectivity index is 0.00000420. The molecule has 1 amide bonds. The van der Waals surface area contributed by atoms with E-state index in [2.05, 4.69) is 26.2 Å². The van der Waals surface area contributed by atoms with Crippen LogP contribution in [0.4, 0.5) is 5.69 Å². The van der Waals surface area contributed by atoms with E-state index in [0.29, 0.717) is 29.2 Å². The number of likely N-dealkylation sites (N-methyl/N-ethyl adjacent to an activating group) is 1. The van der Waals surface area contributed by atoms with Crippen molar-refractivity contribution in [2.75, 3.05) is 45.7 Å². The minimum Gasteiger partial charge on any atom is -1.00 e. The molecule has 6 nitrogen and oxygen atoms in total. The topological polar surface area (TPSA) is 64.6 Å². The predicted octanol–water partition coefficient (Wildman–Crippen LogP) is 0.595. The summed E-state index contributed by atoms with van der Waals surface area (Å²) in [5, 5.41) is 2.80. The van der Waals surface area contributed by atoms with Crippen LogP contribution in [0.2, 0.25) is 0 Å². The Morgan fingerprint density at radius 1 is 1.00 bits per heavy atom. The van der Waals surface area contributed by atoms with Gasteiger partial charge in [-0.05, 0) is 50.2 Å². The highest BCUT2D eigenvalue weighted by Crippen LogP contribution is 2.19. The highest BCUT2D eigenvalue weighted by Gasteiger charge is 2.17. The molecule has 2 rings (SSSR count). The summed E-state index contributed by atoms with van der Waals surface area (Å²) < 4.78 is 11.5. The number of esters is 1. The number of hydrogen-bond acceptors (Lipinski definition) is 4. The number of halogens is 1. The molecular weight excluding hydrogens is 436 g/mol. The molecular formula is C22H29BrN2O4. The minimum atomic E-state index is -0.360.